The van der Waals surface area contributed by atoms with Gasteiger partial charge in [0.1, 0.15) is 0 Å². The van der Waals surface area contributed by atoms with Crippen molar-refractivity contribution < 1.29 is 84.3 Å². The van der Waals surface area contributed by atoms with Gasteiger partial charge in [-0.1, -0.05) is 25.3 Å². The minimum Gasteiger partial charge on any atom is -0.373 e. The monoisotopic (exact) mass is 1150 g/mol. The van der Waals surface area contributed by atoms with Gasteiger partial charge < -0.3 is 55.7 Å². The van der Waals surface area contributed by atoms with Gasteiger partial charge in [-0.05, 0) is 6.92 Å². The Morgan fingerprint density at radius 3 is 1.72 bits per heavy atom. The molecule has 4 aromatic carbocycles. The topological polar surface area (TPSA) is 0 Å². The van der Waals surface area contributed by atoms with Gasteiger partial charge in [0.25, 0.3) is 0 Å². The fourth-order valence-electron chi connectivity index (χ4n) is 4.31. The van der Waals surface area contributed by atoms with E-state index in [-0.39, 0.29) is 84.3 Å². The first-order valence-electron chi connectivity index (χ1n) is 10.8. The Kier molecular flexibility index (Phi) is 15.1. The summed E-state index contributed by atoms with van der Waals surface area (Å²) in [5.41, 5.74) is 13.0. The van der Waals surface area contributed by atoms with Gasteiger partial charge in [0.05, 0.1) is 0 Å². The summed E-state index contributed by atoms with van der Waals surface area (Å²) in [7, 11) is 0. The van der Waals surface area contributed by atoms with Crippen LogP contribution in [0, 0.1) is 58.9 Å². The smallest absolute Gasteiger partial charge is 0.373 e. The van der Waals surface area contributed by atoms with Gasteiger partial charge in [-0.2, -0.15) is 29.3 Å². The van der Waals surface area contributed by atoms with E-state index in [2.05, 4.69) is 96.1 Å². The Bertz CT molecular complexity index is 1290. The summed E-state index contributed by atoms with van der Waals surface area (Å²) in [6, 6.07) is 29.5. The number of benzene rings is 4. The van der Waals surface area contributed by atoms with E-state index in [1.165, 1.54) is 22.3 Å². The molecule has 0 spiro atoms. The summed E-state index contributed by atoms with van der Waals surface area (Å²) in [6.07, 6.45) is 1.62. The molecule has 0 aliphatic carbocycles. The van der Waals surface area contributed by atoms with Crippen LogP contribution in [0.4, 0.5) is 0 Å². The predicted octanol–water partition coefficient (Wildman–Crippen LogP) is 7.40. The Hall–Kier alpha value is -0.887. The summed E-state index contributed by atoms with van der Waals surface area (Å²) in [4.78, 5) is 0. The van der Waals surface area contributed by atoms with Crippen molar-refractivity contribution in [3.8, 4) is 22.3 Å². The molecular formula is C32H26W4. The van der Waals surface area contributed by atoms with Crippen LogP contribution in [0.25, 0.3) is 22.3 Å². The molecule has 0 fully saturated rings. The van der Waals surface area contributed by atoms with Gasteiger partial charge in [-0.15, -0.1) is 17.2 Å². The molecule has 0 saturated carbocycles. The molecule has 4 rings (SSSR count). The Morgan fingerprint density at radius 1 is 0.639 bits per heavy atom. The van der Waals surface area contributed by atoms with Gasteiger partial charge >= 0.3 is 84.3 Å². The van der Waals surface area contributed by atoms with E-state index in [4.69, 9.17) is 0 Å². The molecule has 0 amide bonds. The van der Waals surface area contributed by atoms with Crippen molar-refractivity contribution >= 4 is 0 Å². The molecule has 0 atom stereocenters. The van der Waals surface area contributed by atoms with Crippen LogP contribution >= 0.6 is 0 Å². The third kappa shape index (κ3) is 7.58. The summed E-state index contributed by atoms with van der Waals surface area (Å²) in [5, 5.41) is 0. The molecular weight excluding hydrogens is 1120 g/mol. The molecule has 0 unspecified atom stereocenters. The van der Waals surface area contributed by atoms with Gasteiger partial charge in [-0.25, -0.2) is 23.3 Å². The predicted molar refractivity (Wildman–Crippen MR) is 134 cm³/mol. The first kappa shape index (κ1) is 35.1. The second kappa shape index (κ2) is 15.5. The third-order valence-electron chi connectivity index (χ3n) is 6.01. The van der Waals surface area contributed by atoms with Crippen molar-refractivity contribution in [1.82, 2.24) is 0 Å². The van der Waals surface area contributed by atoms with Gasteiger partial charge in [-0.3, -0.25) is 36.2 Å². The van der Waals surface area contributed by atoms with Crippen LogP contribution < -0.4 is 0 Å². The molecule has 4 heteroatoms. The molecule has 0 nitrogen and oxygen atoms in total. The summed E-state index contributed by atoms with van der Waals surface area (Å²) < 4.78 is 0. The molecule has 178 valence electrons. The van der Waals surface area contributed by atoms with E-state index in [0.29, 0.717) is 0 Å². The summed E-state index contributed by atoms with van der Waals surface area (Å²) in [6.45, 7) is 21.0. The maximum Gasteiger partial charge on any atom is 2.00 e. The molecule has 0 heterocycles. The zero-order chi connectivity index (χ0) is 22.8. The molecule has 0 saturated heterocycles. The Balaban J connectivity index is 0.00000306. The maximum absolute atomic E-state index is 4.32. The van der Waals surface area contributed by atoms with Crippen LogP contribution in [0.2, 0.25) is 0 Å². The molecule has 4 aromatic rings. The van der Waals surface area contributed by atoms with Crippen molar-refractivity contribution in [2.45, 2.75) is 26.7 Å². The SMILES string of the molecule is [CH2-]c1[c-]cc(C)c(-c2cc([CH2-])[c-]cc2Cc2c([CH2-])[c-]ccc2-c2cc[c-]c([CH2-])c2CC)c1.[W+2].[W+2].[W+2].[W+2]. The van der Waals surface area contributed by atoms with E-state index in [1.54, 1.807) is 0 Å². The van der Waals surface area contributed by atoms with Crippen LogP contribution in [0.5, 0.6) is 0 Å². The second-order valence-electron chi connectivity index (χ2n) is 8.18. The van der Waals surface area contributed by atoms with E-state index in [0.717, 1.165) is 57.3 Å². The Labute approximate surface area is 275 Å². The number of aryl methyl sites for hydroxylation is 1. The van der Waals surface area contributed by atoms with E-state index >= 15 is 0 Å². The summed E-state index contributed by atoms with van der Waals surface area (Å²) >= 11 is 0. The van der Waals surface area contributed by atoms with Crippen molar-refractivity contribution in [3.63, 3.8) is 0 Å². The van der Waals surface area contributed by atoms with Gasteiger partial charge in [0, 0.05) is 0 Å². The quantitative estimate of drug-likeness (QED) is 0.183. The molecule has 0 radical (unpaired) electrons. The molecule has 0 bridgehead atoms. The maximum atomic E-state index is 4.32. The molecule has 36 heavy (non-hydrogen) atoms. The van der Waals surface area contributed by atoms with Crippen molar-refractivity contribution in [2.24, 2.45) is 0 Å². The number of rotatable bonds is 5. The number of hydrogen-bond acceptors (Lipinski definition) is 0. The van der Waals surface area contributed by atoms with Crippen LogP contribution in [-0.2, 0) is 97.1 Å². The average Bonchev–Trinajstić information content (AvgIpc) is 2.77. The van der Waals surface area contributed by atoms with Crippen molar-refractivity contribution in [1.29, 1.82) is 0 Å². The van der Waals surface area contributed by atoms with Crippen molar-refractivity contribution in [3.05, 3.63) is 145 Å². The van der Waals surface area contributed by atoms with Crippen LogP contribution in [0.15, 0.2) is 48.5 Å². The largest absolute Gasteiger partial charge is 2.00 e. The summed E-state index contributed by atoms with van der Waals surface area (Å²) in [5.74, 6) is 0. The Morgan fingerprint density at radius 2 is 1.14 bits per heavy atom. The fraction of sp³-hybridized carbons (Fsp3) is 0.125. The number of hydrogen-bond donors (Lipinski definition) is 0. The standard InChI is InChI=1S/C32H26.4W/c1-7-27-23(4)10-8-12-28(27)29-13-9-11-24(5)31(29)20-26-17-15-22(3)19-32(26)30-18-21(2)14-16-25(30)6;;;;/h8-9,12-13,16-19H,2-5,7,20H2,1,6H3;;;;/q-8;4*+2. The van der Waals surface area contributed by atoms with Gasteiger partial charge in [0.15, 0.2) is 0 Å². The van der Waals surface area contributed by atoms with E-state index in [9.17, 15) is 0 Å². The average molecular weight is 1150 g/mol. The van der Waals surface area contributed by atoms with Crippen LogP contribution in [0.1, 0.15) is 51.4 Å². The van der Waals surface area contributed by atoms with Crippen LogP contribution in [0.3, 0.4) is 0 Å². The third-order valence-corrected chi connectivity index (χ3v) is 6.01. The first-order chi connectivity index (χ1) is 15.4. The molecule has 0 aliphatic rings. The van der Waals surface area contributed by atoms with Gasteiger partial charge in [0.2, 0.25) is 0 Å². The fourth-order valence-corrected chi connectivity index (χ4v) is 4.31. The minimum absolute atomic E-state index is 0. The molecule has 0 aliphatic heterocycles. The normalized spacial score (nSPS) is 9.72. The second-order valence-corrected chi connectivity index (χ2v) is 8.18. The van der Waals surface area contributed by atoms with E-state index < -0.39 is 0 Å². The zero-order valence-electron chi connectivity index (χ0n) is 20.5. The minimum atomic E-state index is 0. The van der Waals surface area contributed by atoms with E-state index in [1.807, 2.05) is 18.2 Å². The molecule has 0 N–H and O–H groups in total. The van der Waals surface area contributed by atoms with Crippen molar-refractivity contribution in [2.75, 3.05) is 0 Å². The first-order valence-corrected chi connectivity index (χ1v) is 10.8. The zero-order valence-corrected chi connectivity index (χ0v) is 32.2. The molecule has 0 aromatic heterocycles. The van der Waals surface area contributed by atoms with Crippen LogP contribution in [-0.4, -0.2) is 0 Å².